The fourth-order valence-electron chi connectivity index (χ4n) is 2.90. The maximum Gasteiger partial charge on any atom is 0.162 e. The van der Waals surface area contributed by atoms with Crippen LogP contribution in [0, 0.1) is 17.8 Å². The molecule has 1 fully saturated rings. The molecule has 0 amide bonds. The molecule has 0 heterocycles. The van der Waals surface area contributed by atoms with E-state index in [4.69, 9.17) is 4.74 Å². The van der Waals surface area contributed by atoms with Crippen molar-refractivity contribution in [1.82, 2.24) is 0 Å². The number of carbonyl (C=O) groups excluding carboxylic acids is 1. The summed E-state index contributed by atoms with van der Waals surface area (Å²) in [6.07, 6.45) is 4.19. The van der Waals surface area contributed by atoms with Crippen LogP contribution in [-0.2, 0) is 4.79 Å². The number of ether oxygens (including phenoxy) is 1. The lowest BCUT2D eigenvalue weighted by Gasteiger charge is -2.30. The van der Waals surface area contributed by atoms with Crippen molar-refractivity contribution in [3.05, 3.63) is 35.4 Å². The highest BCUT2D eigenvalue weighted by molar-refractivity contribution is 6.02. The predicted octanol–water partition coefficient (Wildman–Crippen LogP) is 4.35. The van der Waals surface area contributed by atoms with Crippen LogP contribution in [0.3, 0.4) is 0 Å². The van der Waals surface area contributed by atoms with Gasteiger partial charge in [0, 0.05) is 5.92 Å². The molecule has 0 radical (unpaired) electrons. The highest BCUT2D eigenvalue weighted by Gasteiger charge is 2.32. The van der Waals surface area contributed by atoms with Crippen LogP contribution >= 0.6 is 0 Å². The minimum atomic E-state index is 0.190. The van der Waals surface area contributed by atoms with Gasteiger partial charge in [0.15, 0.2) is 5.78 Å². The summed E-state index contributed by atoms with van der Waals surface area (Å²) in [6, 6.07) is 7.88. The normalized spacial score (nSPS) is 25.2. The van der Waals surface area contributed by atoms with Gasteiger partial charge in [0.05, 0.1) is 7.11 Å². The molecule has 2 heteroatoms. The fraction of sp³-hybridized carbons (Fsp3) is 0.500. The van der Waals surface area contributed by atoms with E-state index in [1.54, 1.807) is 7.11 Å². The van der Waals surface area contributed by atoms with E-state index in [0.717, 1.165) is 29.7 Å². The first kappa shape index (κ1) is 14.8. The summed E-state index contributed by atoms with van der Waals surface area (Å²) >= 11 is 0. The van der Waals surface area contributed by atoms with Crippen LogP contribution in [0.25, 0.3) is 6.08 Å². The van der Waals surface area contributed by atoms with E-state index in [-0.39, 0.29) is 5.92 Å². The summed E-state index contributed by atoms with van der Waals surface area (Å²) in [7, 11) is 1.66. The Morgan fingerprint density at radius 2 is 1.85 bits per heavy atom. The Balaban J connectivity index is 2.27. The van der Waals surface area contributed by atoms with Crippen molar-refractivity contribution in [2.24, 2.45) is 17.8 Å². The molecule has 1 aromatic carbocycles. The average molecular weight is 272 g/mol. The number of hydrogen-bond acceptors (Lipinski definition) is 2. The molecule has 0 aromatic heterocycles. The Hall–Kier alpha value is -1.57. The van der Waals surface area contributed by atoms with Crippen LogP contribution in [0.4, 0.5) is 0 Å². The third kappa shape index (κ3) is 3.12. The minimum Gasteiger partial charge on any atom is -0.497 e. The summed E-state index contributed by atoms with van der Waals surface area (Å²) in [6.45, 7) is 6.44. The Bertz CT molecular complexity index is 497. The second-order valence-electron chi connectivity index (χ2n) is 6.07. The standard InChI is InChI=1S/C18H24O2/c1-12(2)16-10-5-13(3)17(18(16)19)11-14-6-8-15(20-4)9-7-14/h6-9,11-13,16H,5,10H2,1-4H3. The largest absolute Gasteiger partial charge is 0.497 e. The number of Topliss-reactive ketones (excluding diaryl/α,β-unsaturated/α-hetero) is 1. The van der Waals surface area contributed by atoms with Crippen molar-refractivity contribution in [2.75, 3.05) is 7.11 Å². The lowest BCUT2D eigenvalue weighted by molar-refractivity contribution is -0.122. The SMILES string of the molecule is COc1ccc(C=C2C(=O)C(C(C)C)CCC2C)cc1. The van der Waals surface area contributed by atoms with Gasteiger partial charge in [-0.05, 0) is 54.0 Å². The fourth-order valence-corrected chi connectivity index (χ4v) is 2.90. The van der Waals surface area contributed by atoms with Crippen molar-refractivity contribution < 1.29 is 9.53 Å². The maximum atomic E-state index is 12.6. The van der Waals surface area contributed by atoms with Crippen molar-refractivity contribution in [1.29, 1.82) is 0 Å². The maximum absolute atomic E-state index is 12.6. The van der Waals surface area contributed by atoms with Gasteiger partial charge in [-0.15, -0.1) is 0 Å². The first-order valence-corrected chi connectivity index (χ1v) is 7.42. The number of allylic oxidation sites excluding steroid dienone is 1. The smallest absolute Gasteiger partial charge is 0.162 e. The molecule has 1 aliphatic carbocycles. The molecule has 108 valence electrons. The molecule has 0 N–H and O–H groups in total. The van der Waals surface area contributed by atoms with E-state index < -0.39 is 0 Å². The van der Waals surface area contributed by atoms with Crippen molar-refractivity contribution >= 4 is 11.9 Å². The molecule has 0 bridgehead atoms. The second-order valence-corrected chi connectivity index (χ2v) is 6.07. The Kier molecular flexibility index (Phi) is 4.64. The molecule has 0 spiro atoms. The average Bonchev–Trinajstić information content (AvgIpc) is 2.43. The summed E-state index contributed by atoms with van der Waals surface area (Å²) in [5.41, 5.74) is 2.06. The van der Waals surface area contributed by atoms with Crippen LogP contribution in [0.15, 0.2) is 29.8 Å². The quantitative estimate of drug-likeness (QED) is 0.765. The van der Waals surface area contributed by atoms with Crippen LogP contribution < -0.4 is 4.74 Å². The molecular formula is C18H24O2. The van der Waals surface area contributed by atoms with E-state index >= 15 is 0 Å². The van der Waals surface area contributed by atoms with E-state index in [9.17, 15) is 4.79 Å². The highest BCUT2D eigenvalue weighted by atomic mass is 16.5. The molecule has 20 heavy (non-hydrogen) atoms. The molecular weight excluding hydrogens is 248 g/mol. The zero-order valence-electron chi connectivity index (χ0n) is 12.8. The molecule has 2 nitrogen and oxygen atoms in total. The third-order valence-corrected chi connectivity index (χ3v) is 4.31. The van der Waals surface area contributed by atoms with E-state index in [0.29, 0.717) is 17.6 Å². The number of methoxy groups -OCH3 is 1. The molecule has 0 aliphatic heterocycles. The first-order valence-electron chi connectivity index (χ1n) is 7.42. The van der Waals surface area contributed by atoms with Gasteiger partial charge < -0.3 is 4.74 Å². The number of carbonyl (C=O) groups is 1. The van der Waals surface area contributed by atoms with Gasteiger partial charge >= 0.3 is 0 Å². The van der Waals surface area contributed by atoms with E-state index in [2.05, 4.69) is 26.8 Å². The summed E-state index contributed by atoms with van der Waals surface area (Å²) in [5.74, 6) is 2.16. The number of benzene rings is 1. The monoisotopic (exact) mass is 272 g/mol. The van der Waals surface area contributed by atoms with E-state index in [1.165, 1.54) is 0 Å². The van der Waals surface area contributed by atoms with E-state index in [1.807, 2.05) is 24.3 Å². The molecule has 0 saturated heterocycles. The first-order chi connectivity index (χ1) is 9.52. The van der Waals surface area contributed by atoms with Gasteiger partial charge in [-0.2, -0.15) is 0 Å². The molecule has 1 saturated carbocycles. The highest BCUT2D eigenvalue weighted by Crippen LogP contribution is 2.35. The van der Waals surface area contributed by atoms with Crippen molar-refractivity contribution in [3.8, 4) is 5.75 Å². The van der Waals surface area contributed by atoms with Crippen molar-refractivity contribution in [2.45, 2.75) is 33.6 Å². The zero-order chi connectivity index (χ0) is 14.7. The minimum absolute atomic E-state index is 0.190. The lowest BCUT2D eigenvalue weighted by Crippen LogP contribution is -2.30. The Morgan fingerprint density at radius 1 is 1.20 bits per heavy atom. The second kappa shape index (κ2) is 6.25. The number of rotatable bonds is 3. The molecule has 1 aromatic rings. The van der Waals surface area contributed by atoms with Gasteiger partial charge in [-0.1, -0.05) is 32.9 Å². The van der Waals surface area contributed by atoms with Gasteiger partial charge in [-0.25, -0.2) is 0 Å². The predicted molar refractivity (Wildman–Crippen MR) is 82.7 cm³/mol. The lowest BCUT2D eigenvalue weighted by atomic mass is 9.73. The van der Waals surface area contributed by atoms with Gasteiger partial charge in [0.1, 0.15) is 5.75 Å². The summed E-state index contributed by atoms with van der Waals surface area (Å²) in [5, 5.41) is 0. The van der Waals surface area contributed by atoms with Gasteiger partial charge in [-0.3, -0.25) is 4.79 Å². The topological polar surface area (TPSA) is 26.3 Å². The summed E-state index contributed by atoms with van der Waals surface area (Å²) < 4.78 is 5.16. The molecule has 2 atom stereocenters. The zero-order valence-corrected chi connectivity index (χ0v) is 12.8. The third-order valence-electron chi connectivity index (χ3n) is 4.31. The van der Waals surface area contributed by atoms with Crippen LogP contribution in [0.1, 0.15) is 39.2 Å². The number of hydrogen-bond donors (Lipinski definition) is 0. The summed E-state index contributed by atoms with van der Waals surface area (Å²) in [4.78, 5) is 12.6. The van der Waals surface area contributed by atoms with Crippen LogP contribution in [-0.4, -0.2) is 12.9 Å². The molecule has 1 aliphatic rings. The Morgan fingerprint density at radius 3 is 2.40 bits per heavy atom. The van der Waals surface area contributed by atoms with Crippen LogP contribution in [0.2, 0.25) is 0 Å². The molecule has 2 unspecified atom stereocenters. The molecule has 2 rings (SSSR count). The van der Waals surface area contributed by atoms with Crippen molar-refractivity contribution in [3.63, 3.8) is 0 Å². The van der Waals surface area contributed by atoms with Crippen LogP contribution in [0.5, 0.6) is 5.75 Å². The Labute approximate surface area is 121 Å². The van der Waals surface area contributed by atoms with Gasteiger partial charge in [0.25, 0.3) is 0 Å². The number of ketones is 1. The van der Waals surface area contributed by atoms with Gasteiger partial charge in [0.2, 0.25) is 0 Å².